The highest BCUT2D eigenvalue weighted by atomic mass is 16.6. The van der Waals surface area contributed by atoms with Gasteiger partial charge in [-0.3, -0.25) is 4.79 Å². The predicted octanol–water partition coefficient (Wildman–Crippen LogP) is 3.67. The number of benzene rings is 1. The molecule has 1 rings (SSSR count). The van der Waals surface area contributed by atoms with Gasteiger partial charge in [-0.05, 0) is 45.1 Å². The Labute approximate surface area is 151 Å². The summed E-state index contributed by atoms with van der Waals surface area (Å²) in [6.45, 7) is 10.1. The lowest BCUT2D eigenvalue weighted by Crippen LogP contribution is -2.46. The van der Waals surface area contributed by atoms with Gasteiger partial charge in [0.15, 0.2) is 0 Å². The molecule has 0 fully saturated rings. The van der Waals surface area contributed by atoms with Crippen LogP contribution in [0.2, 0.25) is 0 Å². The Bertz CT molecular complexity index is 536. The van der Waals surface area contributed by atoms with Crippen LogP contribution in [0.3, 0.4) is 0 Å². The highest BCUT2D eigenvalue weighted by Crippen LogP contribution is 2.09. The number of hydrogen-bond donors (Lipinski definition) is 2. The first-order valence-electron chi connectivity index (χ1n) is 8.96. The fourth-order valence-electron chi connectivity index (χ4n) is 2.46. The number of alkyl carbamates (subject to hydrolysis) is 1. The normalized spacial score (nSPS) is 12.6. The van der Waals surface area contributed by atoms with Crippen LogP contribution in [-0.4, -0.2) is 30.2 Å². The Hall–Kier alpha value is -2.04. The predicted molar refractivity (Wildman–Crippen MR) is 100 cm³/mol. The minimum absolute atomic E-state index is 0.0106. The van der Waals surface area contributed by atoms with Crippen molar-refractivity contribution in [2.75, 3.05) is 6.54 Å². The molecule has 25 heavy (non-hydrogen) atoms. The molecule has 2 amide bonds. The van der Waals surface area contributed by atoms with Crippen molar-refractivity contribution in [1.82, 2.24) is 10.6 Å². The molecule has 0 spiro atoms. The molecule has 0 aliphatic heterocycles. The first kappa shape index (κ1) is 21.0. The number of ether oxygens (including phenoxy) is 1. The highest BCUT2D eigenvalue weighted by molar-refractivity contribution is 5.76. The molecule has 0 unspecified atom stereocenters. The second-order valence-electron chi connectivity index (χ2n) is 7.76. The van der Waals surface area contributed by atoms with Gasteiger partial charge < -0.3 is 15.4 Å². The molecule has 0 saturated heterocycles. The molecule has 1 aromatic rings. The van der Waals surface area contributed by atoms with Crippen molar-refractivity contribution in [3.05, 3.63) is 35.9 Å². The second-order valence-corrected chi connectivity index (χ2v) is 7.76. The van der Waals surface area contributed by atoms with Crippen LogP contribution >= 0.6 is 0 Å². The minimum atomic E-state index is -0.536. The number of nitrogens with one attached hydrogen (secondary N) is 2. The van der Waals surface area contributed by atoms with E-state index in [4.69, 9.17) is 4.74 Å². The highest BCUT2D eigenvalue weighted by Gasteiger charge is 2.20. The van der Waals surface area contributed by atoms with Crippen LogP contribution in [0.15, 0.2) is 30.3 Å². The molecular weight excluding hydrogens is 316 g/mol. The number of aryl methyl sites for hydroxylation is 1. The molecule has 0 aliphatic rings. The molecular formula is C20H32N2O3. The van der Waals surface area contributed by atoms with Gasteiger partial charge >= 0.3 is 6.09 Å². The Kier molecular flexibility index (Phi) is 8.46. The van der Waals surface area contributed by atoms with Crippen molar-refractivity contribution in [3.63, 3.8) is 0 Å². The van der Waals surface area contributed by atoms with Crippen LogP contribution in [-0.2, 0) is 16.0 Å². The van der Waals surface area contributed by atoms with Crippen molar-refractivity contribution in [2.24, 2.45) is 5.92 Å². The number of amides is 2. The van der Waals surface area contributed by atoms with Gasteiger partial charge in [0.2, 0.25) is 5.91 Å². The number of rotatable bonds is 8. The van der Waals surface area contributed by atoms with Crippen LogP contribution in [0.1, 0.15) is 53.0 Å². The Morgan fingerprint density at radius 1 is 1.12 bits per heavy atom. The van der Waals surface area contributed by atoms with Crippen LogP contribution < -0.4 is 10.6 Å². The maximum atomic E-state index is 12.1. The van der Waals surface area contributed by atoms with E-state index < -0.39 is 11.7 Å². The Morgan fingerprint density at radius 3 is 2.32 bits per heavy atom. The standard InChI is InChI=1S/C20H32N2O3/c1-15(2)13-17(22-19(24)25-20(3,4)5)14-21-18(23)12-11-16-9-7-6-8-10-16/h6-10,15,17H,11-14H2,1-5H3,(H,21,23)(H,22,24)/t17-/m0/s1. The lowest BCUT2D eigenvalue weighted by atomic mass is 10.0. The second kappa shape index (κ2) is 10.1. The molecule has 0 heterocycles. The molecule has 5 nitrogen and oxygen atoms in total. The van der Waals surface area contributed by atoms with Gasteiger partial charge in [-0.2, -0.15) is 0 Å². The Morgan fingerprint density at radius 2 is 1.76 bits per heavy atom. The monoisotopic (exact) mass is 348 g/mol. The van der Waals surface area contributed by atoms with E-state index in [1.165, 1.54) is 0 Å². The van der Waals surface area contributed by atoms with Crippen molar-refractivity contribution in [2.45, 2.75) is 65.5 Å². The molecule has 0 aromatic heterocycles. The van der Waals surface area contributed by atoms with Gasteiger partial charge in [0.05, 0.1) is 0 Å². The van der Waals surface area contributed by atoms with Gasteiger partial charge in [-0.1, -0.05) is 44.2 Å². The van der Waals surface area contributed by atoms with Crippen molar-refractivity contribution >= 4 is 12.0 Å². The summed E-state index contributed by atoms with van der Waals surface area (Å²) in [6.07, 6.45) is 1.47. The van der Waals surface area contributed by atoms with E-state index in [2.05, 4.69) is 24.5 Å². The zero-order chi connectivity index (χ0) is 18.9. The molecule has 0 radical (unpaired) electrons. The van der Waals surface area contributed by atoms with E-state index in [1.54, 1.807) is 0 Å². The summed E-state index contributed by atoms with van der Waals surface area (Å²) in [5.41, 5.74) is 0.606. The average Bonchev–Trinajstić information content (AvgIpc) is 2.49. The SMILES string of the molecule is CC(C)C[C@@H](CNC(=O)CCc1ccccc1)NC(=O)OC(C)(C)C. The van der Waals surface area contributed by atoms with E-state index in [9.17, 15) is 9.59 Å². The third-order valence-corrected chi connectivity index (χ3v) is 3.51. The summed E-state index contributed by atoms with van der Waals surface area (Å²) in [5.74, 6) is 0.393. The van der Waals surface area contributed by atoms with E-state index in [0.29, 0.717) is 25.3 Å². The number of carbonyl (C=O) groups is 2. The summed E-state index contributed by atoms with van der Waals surface area (Å²) in [5, 5.41) is 5.78. The van der Waals surface area contributed by atoms with Gasteiger partial charge in [-0.25, -0.2) is 4.79 Å². The van der Waals surface area contributed by atoms with Gasteiger partial charge in [-0.15, -0.1) is 0 Å². The van der Waals surface area contributed by atoms with E-state index >= 15 is 0 Å². The zero-order valence-electron chi connectivity index (χ0n) is 16.1. The molecule has 1 atom stereocenters. The third-order valence-electron chi connectivity index (χ3n) is 3.51. The number of hydrogen-bond acceptors (Lipinski definition) is 3. The molecule has 0 bridgehead atoms. The van der Waals surface area contributed by atoms with Gasteiger partial charge in [0, 0.05) is 19.0 Å². The first-order chi connectivity index (χ1) is 11.7. The summed E-state index contributed by atoms with van der Waals surface area (Å²) >= 11 is 0. The summed E-state index contributed by atoms with van der Waals surface area (Å²) in [4.78, 5) is 24.0. The van der Waals surface area contributed by atoms with E-state index in [0.717, 1.165) is 12.0 Å². The lowest BCUT2D eigenvalue weighted by molar-refractivity contribution is -0.121. The first-order valence-corrected chi connectivity index (χ1v) is 8.96. The molecule has 0 saturated carbocycles. The topological polar surface area (TPSA) is 67.4 Å². The largest absolute Gasteiger partial charge is 0.444 e. The van der Waals surface area contributed by atoms with Crippen LogP contribution in [0.4, 0.5) is 4.79 Å². The van der Waals surface area contributed by atoms with E-state index in [-0.39, 0.29) is 11.9 Å². The molecule has 140 valence electrons. The van der Waals surface area contributed by atoms with Crippen LogP contribution in [0.5, 0.6) is 0 Å². The maximum Gasteiger partial charge on any atom is 0.407 e. The molecule has 2 N–H and O–H groups in total. The molecule has 5 heteroatoms. The maximum absolute atomic E-state index is 12.1. The fourth-order valence-corrected chi connectivity index (χ4v) is 2.46. The number of carbonyl (C=O) groups excluding carboxylic acids is 2. The zero-order valence-corrected chi connectivity index (χ0v) is 16.1. The van der Waals surface area contributed by atoms with Crippen molar-refractivity contribution < 1.29 is 14.3 Å². The van der Waals surface area contributed by atoms with Crippen LogP contribution in [0.25, 0.3) is 0 Å². The quantitative estimate of drug-likeness (QED) is 0.753. The Balaban J connectivity index is 2.43. The summed E-state index contributed by atoms with van der Waals surface area (Å²) < 4.78 is 5.30. The molecule has 0 aliphatic carbocycles. The third kappa shape index (κ3) is 10.4. The van der Waals surface area contributed by atoms with E-state index in [1.807, 2.05) is 51.1 Å². The minimum Gasteiger partial charge on any atom is -0.444 e. The van der Waals surface area contributed by atoms with Crippen molar-refractivity contribution in [3.8, 4) is 0 Å². The smallest absolute Gasteiger partial charge is 0.407 e. The average molecular weight is 348 g/mol. The van der Waals surface area contributed by atoms with Gasteiger partial charge in [0.1, 0.15) is 5.60 Å². The fraction of sp³-hybridized carbons (Fsp3) is 0.600. The summed E-state index contributed by atoms with van der Waals surface area (Å²) in [7, 11) is 0. The summed E-state index contributed by atoms with van der Waals surface area (Å²) in [6, 6.07) is 9.78. The van der Waals surface area contributed by atoms with Crippen LogP contribution in [0, 0.1) is 5.92 Å². The van der Waals surface area contributed by atoms with Gasteiger partial charge in [0.25, 0.3) is 0 Å². The van der Waals surface area contributed by atoms with Crippen molar-refractivity contribution in [1.29, 1.82) is 0 Å². The lowest BCUT2D eigenvalue weighted by Gasteiger charge is -2.25. The molecule has 1 aromatic carbocycles.